The summed E-state index contributed by atoms with van der Waals surface area (Å²) in [6.07, 6.45) is 0. The second-order valence-electron chi connectivity index (χ2n) is 9.38. The van der Waals surface area contributed by atoms with Crippen LogP contribution in [0, 0.1) is 6.92 Å². The number of hydrogen-bond acceptors (Lipinski definition) is 6. The number of ether oxygens (including phenoxy) is 1. The molecule has 0 atom stereocenters. The lowest BCUT2D eigenvalue weighted by molar-refractivity contribution is 0.0692. The normalized spacial score (nSPS) is 14.1. The van der Waals surface area contributed by atoms with E-state index in [4.69, 9.17) is 4.74 Å². The Morgan fingerprint density at radius 2 is 1.18 bits per heavy atom. The molecular weight excluding hydrogens is 496 g/mol. The molecule has 190 valence electrons. The van der Waals surface area contributed by atoms with Gasteiger partial charge in [-0.25, -0.2) is 4.90 Å². The van der Waals surface area contributed by atoms with Gasteiger partial charge in [-0.1, -0.05) is 35.9 Å². The second kappa shape index (κ2) is 8.88. The number of amides is 4. The molecule has 4 aromatic rings. The molecule has 2 aliphatic heterocycles. The molecule has 0 unspecified atom stereocenters. The van der Waals surface area contributed by atoms with Gasteiger partial charge in [0.2, 0.25) is 0 Å². The lowest BCUT2D eigenvalue weighted by atomic mass is 9.96. The van der Waals surface area contributed by atoms with Gasteiger partial charge in [-0.15, -0.1) is 0 Å². The molecule has 0 saturated heterocycles. The zero-order valence-corrected chi connectivity index (χ0v) is 20.9. The second-order valence-corrected chi connectivity index (χ2v) is 9.38. The van der Waals surface area contributed by atoms with Crippen molar-refractivity contribution in [1.29, 1.82) is 0 Å². The first-order chi connectivity index (χ1) is 18.7. The summed E-state index contributed by atoms with van der Waals surface area (Å²) in [4.78, 5) is 66.4. The van der Waals surface area contributed by atoms with Gasteiger partial charge in [0.1, 0.15) is 11.5 Å². The molecule has 4 amide bonds. The summed E-state index contributed by atoms with van der Waals surface area (Å²) >= 11 is 0. The van der Waals surface area contributed by atoms with E-state index in [1.165, 1.54) is 43.4 Å². The van der Waals surface area contributed by atoms with Gasteiger partial charge in [-0.05, 0) is 55.5 Å². The van der Waals surface area contributed by atoms with Crippen molar-refractivity contribution in [2.75, 3.05) is 11.9 Å². The van der Waals surface area contributed by atoms with E-state index in [1.807, 2.05) is 31.2 Å². The van der Waals surface area contributed by atoms with E-state index in [2.05, 4.69) is 0 Å². The summed E-state index contributed by atoms with van der Waals surface area (Å²) in [5, 5.41) is 0. The highest BCUT2D eigenvalue weighted by molar-refractivity contribution is 6.35. The molecule has 0 fully saturated rings. The van der Waals surface area contributed by atoms with Crippen molar-refractivity contribution >= 4 is 35.1 Å². The van der Waals surface area contributed by atoms with E-state index < -0.39 is 29.4 Å². The molecular formula is C31H20N2O6. The molecule has 0 spiro atoms. The van der Waals surface area contributed by atoms with Gasteiger partial charge in [0.05, 0.1) is 27.9 Å². The molecule has 6 rings (SSSR count). The number of carbonyl (C=O) groups is 5. The molecule has 0 aromatic heterocycles. The highest BCUT2D eigenvalue weighted by Gasteiger charge is 2.38. The number of anilines is 1. The summed E-state index contributed by atoms with van der Waals surface area (Å²) in [6.45, 7) is 1.97. The minimum Gasteiger partial charge on any atom is -0.457 e. The molecule has 0 N–H and O–H groups in total. The Bertz CT molecular complexity index is 1760. The van der Waals surface area contributed by atoms with Crippen molar-refractivity contribution in [2.24, 2.45) is 0 Å². The minimum absolute atomic E-state index is 0.0999. The van der Waals surface area contributed by atoms with Crippen LogP contribution in [0.15, 0.2) is 84.9 Å². The Kier molecular flexibility index (Phi) is 5.46. The summed E-state index contributed by atoms with van der Waals surface area (Å²) < 4.78 is 5.89. The van der Waals surface area contributed by atoms with Crippen LogP contribution in [0.1, 0.15) is 62.9 Å². The van der Waals surface area contributed by atoms with Gasteiger partial charge < -0.3 is 4.74 Å². The zero-order valence-electron chi connectivity index (χ0n) is 20.9. The largest absolute Gasteiger partial charge is 0.457 e. The van der Waals surface area contributed by atoms with E-state index >= 15 is 0 Å². The lowest BCUT2D eigenvalue weighted by Crippen LogP contribution is -2.29. The standard InChI is InChI=1S/C31H20N2O6/c1-17-6-10-21(11-7-17)39-22-5-3-4-20(16-22)33-30(37)24-13-9-19(15-26(24)31(33)38)27(34)18-8-12-23-25(14-18)29(36)32(2)28(23)35/h3-16H,1-2H3. The van der Waals surface area contributed by atoms with E-state index in [0.29, 0.717) is 17.2 Å². The van der Waals surface area contributed by atoms with Crippen LogP contribution in [0.25, 0.3) is 0 Å². The van der Waals surface area contributed by atoms with Crippen LogP contribution in [0.3, 0.4) is 0 Å². The van der Waals surface area contributed by atoms with Gasteiger partial charge >= 0.3 is 0 Å². The minimum atomic E-state index is -0.562. The van der Waals surface area contributed by atoms with Crippen molar-refractivity contribution in [1.82, 2.24) is 4.90 Å². The molecule has 2 heterocycles. The van der Waals surface area contributed by atoms with Crippen LogP contribution in [0.5, 0.6) is 11.5 Å². The maximum absolute atomic E-state index is 13.4. The molecule has 39 heavy (non-hydrogen) atoms. The van der Waals surface area contributed by atoms with E-state index in [9.17, 15) is 24.0 Å². The fourth-order valence-corrected chi connectivity index (χ4v) is 4.71. The van der Waals surface area contributed by atoms with Crippen molar-refractivity contribution in [3.05, 3.63) is 124 Å². The van der Waals surface area contributed by atoms with Crippen LogP contribution in [0.2, 0.25) is 0 Å². The molecule has 8 heteroatoms. The van der Waals surface area contributed by atoms with Gasteiger partial charge in [-0.3, -0.25) is 28.9 Å². The number of ketones is 1. The molecule has 0 radical (unpaired) electrons. The number of carbonyl (C=O) groups excluding carboxylic acids is 5. The van der Waals surface area contributed by atoms with Crippen molar-refractivity contribution in [3.63, 3.8) is 0 Å². The summed E-state index contributed by atoms with van der Waals surface area (Å²) in [5.74, 6) is -1.35. The Morgan fingerprint density at radius 1 is 0.615 bits per heavy atom. The fourth-order valence-electron chi connectivity index (χ4n) is 4.71. The van der Waals surface area contributed by atoms with Crippen LogP contribution in [-0.4, -0.2) is 41.4 Å². The van der Waals surface area contributed by atoms with E-state index in [-0.39, 0.29) is 33.4 Å². The van der Waals surface area contributed by atoms with Crippen LogP contribution < -0.4 is 9.64 Å². The molecule has 0 saturated carbocycles. The monoisotopic (exact) mass is 516 g/mol. The number of imide groups is 2. The molecule has 2 aliphatic rings. The summed E-state index contributed by atoms with van der Waals surface area (Å²) in [5.41, 5.74) is 2.47. The van der Waals surface area contributed by atoms with Crippen molar-refractivity contribution in [2.45, 2.75) is 6.92 Å². The molecule has 0 bridgehead atoms. The molecule has 8 nitrogen and oxygen atoms in total. The zero-order chi connectivity index (χ0) is 27.4. The highest BCUT2D eigenvalue weighted by Crippen LogP contribution is 2.33. The topological polar surface area (TPSA) is 101 Å². The predicted molar refractivity (Wildman–Crippen MR) is 142 cm³/mol. The Balaban J connectivity index is 1.28. The highest BCUT2D eigenvalue weighted by atomic mass is 16.5. The first-order valence-electron chi connectivity index (χ1n) is 12.1. The van der Waals surface area contributed by atoms with Crippen LogP contribution in [-0.2, 0) is 0 Å². The third-order valence-corrected chi connectivity index (χ3v) is 6.83. The van der Waals surface area contributed by atoms with Crippen molar-refractivity contribution in [3.8, 4) is 11.5 Å². The third kappa shape index (κ3) is 3.90. The van der Waals surface area contributed by atoms with Gasteiger partial charge in [-0.2, -0.15) is 0 Å². The lowest BCUT2D eigenvalue weighted by Gasteiger charge is -2.15. The maximum atomic E-state index is 13.4. The third-order valence-electron chi connectivity index (χ3n) is 6.83. The first kappa shape index (κ1) is 24.0. The van der Waals surface area contributed by atoms with E-state index in [0.717, 1.165) is 15.4 Å². The number of aryl methyl sites for hydroxylation is 1. The average Bonchev–Trinajstić information content (AvgIpc) is 3.33. The van der Waals surface area contributed by atoms with E-state index in [1.54, 1.807) is 24.3 Å². The number of rotatable bonds is 5. The first-order valence-corrected chi connectivity index (χ1v) is 12.1. The number of hydrogen-bond donors (Lipinski definition) is 0. The van der Waals surface area contributed by atoms with Gasteiger partial charge in [0, 0.05) is 24.2 Å². The number of nitrogens with zero attached hydrogens (tertiary/aromatic N) is 2. The van der Waals surface area contributed by atoms with Crippen LogP contribution >= 0.6 is 0 Å². The number of benzene rings is 4. The quantitative estimate of drug-likeness (QED) is 0.272. The van der Waals surface area contributed by atoms with Gasteiger partial charge in [0.15, 0.2) is 5.78 Å². The van der Waals surface area contributed by atoms with Crippen molar-refractivity contribution < 1.29 is 28.7 Å². The smallest absolute Gasteiger partial charge is 0.266 e. The maximum Gasteiger partial charge on any atom is 0.266 e. The Hall–Kier alpha value is -5.37. The SMILES string of the molecule is Cc1ccc(Oc2cccc(N3C(=O)c4ccc(C(=O)c5ccc6c(c5)C(=O)N(C)C6=O)cc4C3=O)c2)cc1. The van der Waals surface area contributed by atoms with Crippen LogP contribution in [0.4, 0.5) is 5.69 Å². The Morgan fingerprint density at radius 3 is 1.85 bits per heavy atom. The fraction of sp³-hybridized carbons (Fsp3) is 0.0645. The molecule has 0 aliphatic carbocycles. The van der Waals surface area contributed by atoms with Gasteiger partial charge in [0.25, 0.3) is 23.6 Å². The average molecular weight is 517 g/mol. The Labute approximate surface area is 223 Å². The number of fused-ring (bicyclic) bond motifs is 2. The molecule has 4 aromatic carbocycles. The summed E-state index contributed by atoms with van der Waals surface area (Å²) in [6, 6.07) is 22.8. The predicted octanol–water partition coefficient (Wildman–Crippen LogP) is 5.04. The summed E-state index contributed by atoms with van der Waals surface area (Å²) in [7, 11) is 1.38.